The van der Waals surface area contributed by atoms with Gasteiger partial charge in [-0.1, -0.05) is 12.1 Å². The molecular formula is C22H20N4O4S. The smallest absolute Gasteiger partial charge is 0.415 e. The zero-order valence-electron chi connectivity index (χ0n) is 16.7. The van der Waals surface area contributed by atoms with E-state index < -0.39 is 0 Å². The van der Waals surface area contributed by atoms with E-state index in [0.717, 1.165) is 33.1 Å². The first-order valence-corrected chi connectivity index (χ1v) is 10.8. The van der Waals surface area contributed by atoms with E-state index in [0.29, 0.717) is 18.7 Å². The number of carbonyl (C=O) groups is 2. The number of thiazole rings is 1. The van der Waals surface area contributed by atoms with Gasteiger partial charge in [0.25, 0.3) is 0 Å². The number of nitrogens with one attached hydrogen (secondary N) is 1. The van der Waals surface area contributed by atoms with Crippen LogP contribution in [0.3, 0.4) is 0 Å². The minimum absolute atomic E-state index is 0.0824. The number of carbonyl (C=O) groups excluding carboxylic acids is 2. The molecule has 158 valence electrons. The van der Waals surface area contributed by atoms with Crippen molar-refractivity contribution in [2.45, 2.75) is 32.1 Å². The third-order valence-electron chi connectivity index (χ3n) is 5.56. The van der Waals surface area contributed by atoms with Gasteiger partial charge in [0, 0.05) is 24.1 Å². The lowest BCUT2D eigenvalue weighted by atomic mass is 10.0. The number of nitrogens with zero attached hydrogens (tertiary/aromatic N) is 3. The highest BCUT2D eigenvalue weighted by Gasteiger charge is 2.47. The lowest BCUT2D eigenvalue weighted by Gasteiger charge is -2.16. The monoisotopic (exact) mass is 436 g/mol. The summed E-state index contributed by atoms with van der Waals surface area (Å²) in [6.07, 6.45) is 1.74. The summed E-state index contributed by atoms with van der Waals surface area (Å²) in [6, 6.07) is 9.79. The summed E-state index contributed by atoms with van der Waals surface area (Å²) in [5.74, 6) is -0.145. The third kappa shape index (κ3) is 3.55. The number of rotatable bonds is 5. The van der Waals surface area contributed by atoms with E-state index in [9.17, 15) is 14.7 Å². The summed E-state index contributed by atoms with van der Waals surface area (Å²) < 4.78 is 5.46. The molecule has 1 unspecified atom stereocenters. The van der Waals surface area contributed by atoms with Gasteiger partial charge in [0.1, 0.15) is 11.1 Å². The number of fused-ring (bicyclic) bond motifs is 3. The molecule has 2 atom stereocenters. The predicted molar refractivity (Wildman–Crippen MR) is 116 cm³/mol. The number of ether oxygens (including phenoxy) is 1. The maximum absolute atomic E-state index is 12.4. The van der Waals surface area contributed by atoms with Crippen molar-refractivity contribution >= 4 is 29.0 Å². The molecule has 31 heavy (non-hydrogen) atoms. The number of amides is 2. The number of anilines is 1. The predicted octanol–water partition coefficient (Wildman–Crippen LogP) is 2.75. The van der Waals surface area contributed by atoms with E-state index in [1.807, 2.05) is 29.6 Å². The maximum Gasteiger partial charge on any atom is 0.415 e. The minimum atomic E-state index is -0.372. The number of aliphatic hydroxyl groups is 1. The zero-order valence-corrected chi connectivity index (χ0v) is 17.6. The first-order chi connectivity index (χ1) is 15.0. The highest BCUT2D eigenvalue weighted by molar-refractivity contribution is 7.13. The van der Waals surface area contributed by atoms with Crippen molar-refractivity contribution in [3.05, 3.63) is 53.2 Å². The average molecular weight is 436 g/mol. The molecule has 9 heteroatoms. The minimum Gasteiger partial charge on any atom is -0.442 e. The highest BCUT2D eigenvalue weighted by Crippen LogP contribution is 2.40. The molecule has 0 saturated carbocycles. The van der Waals surface area contributed by atoms with Crippen LogP contribution in [0.25, 0.3) is 21.8 Å². The molecule has 0 aliphatic carbocycles. The molecule has 1 saturated heterocycles. The van der Waals surface area contributed by atoms with Crippen LogP contribution < -0.4 is 10.2 Å². The zero-order chi connectivity index (χ0) is 21.5. The Morgan fingerprint density at radius 1 is 1.32 bits per heavy atom. The first kappa shape index (κ1) is 19.7. The molecule has 2 aliphatic rings. The van der Waals surface area contributed by atoms with Crippen LogP contribution in [0.2, 0.25) is 0 Å². The fraction of sp³-hybridized carbons (Fsp3) is 0.273. The second-order valence-electron chi connectivity index (χ2n) is 7.58. The number of hydrogen-bond acceptors (Lipinski definition) is 7. The van der Waals surface area contributed by atoms with Crippen LogP contribution >= 0.6 is 11.3 Å². The second kappa shape index (κ2) is 7.75. The Morgan fingerprint density at radius 2 is 2.16 bits per heavy atom. The van der Waals surface area contributed by atoms with Gasteiger partial charge in [0.2, 0.25) is 5.91 Å². The van der Waals surface area contributed by atoms with Gasteiger partial charge in [-0.2, -0.15) is 0 Å². The Hall–Kier alpha value is -3.30. The fourth-order valence-electron chi connectivity index (χ4n) is 4.07. The van der Waals surface area contributed by atoms with Crippen molar-refractivity contribution in [3.8, 4) is 21.8 Å². The van der Waals surface area contributed by atoms with Gasteiger partial charge in [-0.3, -0.25) is 14.7 Å². The normalized spacial score (nSPS) is 19.2. The van der Waals surface area contributed by atoms with Crippen LogP contribution in [0.5, 0.6) is 0 Å². The number of cyclic esters (lactones) is 1. The number of hydrogen-bond donors (Lipinski definition) is 2. The molecule has 3 aromatic rings. The Labute approximate surface area is 182 Å². The molecule has 8 nitrogen and oxygen atoms in total. The maximum atomic E-state index is 12.4. The van der Waals surface area contributed by atoms with Gasteiger partial charge in [0.05, 0.1) is 36.3 Å². The van der Waals surface area contributed by atoms with E-state index >= 15 is 0 Å². The number of aromatic nitrogens is 2. The van der Waals surface area contributed by atoms with E-state index in [4.69, 9.17) is 4.74 Å². The highest BCUT2D eigenvalue weighted by atomic mass is 32.1. The number of benzene rings is 1. The molecule has 1 aromatic carbocycles. The second-order valence-corrected chi connectivity index (χ2v) is 8.44. The van der Waals surface area contributed by atoms with Crippen molar-refractivity contribution in [2.75, 3.05) is 11.4 Å². The summed E-state index contributed by atoms with van der Waals surface area (Å²) in [6.45, 7) is 1.67. The Balaban J connectivity index is 1.37. The summed E-state index contributed by atoms with van der Waals surface area (Å²) >= 11 is 1.45. The number of pyridine rings is 1. The SMILES string of the molecule is CC(=O)NC[C@@H]1OC(=O)N2c3ccc(-c4ccc(-c5nc(CO)cs5)nc4)cc3CC12. The summed E-state index contributed by atoms with van der Waals surface area (Å²) in [5.41, 5.74) is 5.31. The van der Waals surface area contributed by atoms with Gasteiger partial charge in [-0.05, 0) is 35.7 Å². The molecule has 2 N–H and O–H groups in total. The standard InChI is InChI=1S/C22H20N4O4S/c1-12(28)23-9-20-19-7-15-6-13(3-5-18(15)26(19)22(29)30-20)14-2-4-17(24-8-14)21-25-16(10-27)11-31-21/h2-6,8,11,19-20,27H,7,9-10H2,1H3,(H,23,28)/t19?,20-/m0/s1. The van der Waals surface area contributed by atoms with Gasteiger partial charge in [-0.25, -0.2) is 9.78 Å². The Bertz CT molecular complexity index is 1160. The van der Waals surface area contributed by atoms with Gasteiger partial charge >= 0.3 is 6.09 Å². The Morgan fingerprint density at radius 3 is 2.87 bits per heavy atom. The molecular weight excluding hydrogens is 416 g/mol. The molecule has 4 heterocycles. The lowest BCUT2D eigenvalue weighted by Crippen LogP contribution is -2.40. The molecule has 1 fully saturated rings. The molecule has 0 bridgehead atoms. The summed E-state index contributed by atoms with van der Waals surface area (Å²) in [5, 5.41) is 14.5. The van der Waals surface area contributed by atoms with Crippen molar-refractivity contribution in [1.82, 2.24) is 15.3 Å². The van der Waals surface area contributed by atoms with E-state index in [2.05, 4.69) is 21.4 Å². The van der Waals surface area contributed by atoms with Gasteiger partial charge in [-0.15, -0.1) is 11.3 Å². The van der Waals surface area contributed by atoms with Crippen molar-refractivity contribution in [2.24, 2.45) is 0 Å². The van der Waals surface area contributed by atoms with E-state index in [1.54, 1.807) is 11.1 Å². The van der Waals surface area contributed by atoms with Crippen LogP contribution in [0, 0.1) is 0 Å². The Kier molecular flexibility index (Phi) is 4.91. The topological polar surface area (TPSA) is 105 Å². The van der Waals surface area contributed by atoms with Crippen LogP contribution in [0.1, 0.15) is 18.2 Å². The average Bonchev–Trinajstić information content (AvgIpc) is 3.47. The number of aliphatic hydroxyl groups excluding tert-OH is 1. The van der Waals surface area contributed by atoms with Gasteiger partial charge in [0.15, 0.2) is 0 Å². The van der Waals surface area contributed by atoms with E-state index in [1.165, 1.54) is 18.3 Å². The molecule has 2 aromatic heterocycles. The van der Waals surface area contributed by atoms with E-state index in [-0.39, 0.29) is 30.8 Å². The van der Waals surface area contributed by atoms with Crippen LogP contribution in [0.15, 0.2) is 41.9 Å². The summed E-state index contributed by atoms with van der Waals surface area (Å²) in [7, 11) is 0. The van der Waals surface area contributed by atoms with Gasteiger partial charge < -0.3 is 15.2 Å². The van der Waals surface area contributed by atoms with Crippen molar-refractivity contribution in [3.63, 3.8) is 0 Å². The summed E-state index contributed by atoms with van der Waals surface area (Å²) in [4.78, 5) is 34.2. The van der Waals surface area contributed by atoms with Crippen LogP contribution in [-0.4, -0.2) is 45.8 Å². The lowest BCUT2D eigenvalue weighted by molar-refractivity contribution is -0.119. The molecule has 5 rings (SSSR count). The first-order valence-electron chi connectivity index (χ1n) is 9.93. The van der Waals surface area contributed by atoms with Crippen molar-refractivity contribution < 1.29 is 19.4 Å². The fourth-order valence-corrected chi connectivity index (χ4v) is 4.85. The largest absolute Gasteiger partial charge is 0.442 e. The quantitative estimate of drug-likeness (QED) is 0.637. The van der Waals surface area contributed by atoms with Crippen LogP contribution in [0.4, 0.5) is 10.5 Å². The van der Waals surface area contributed by atoms with Crippen LogP contribution in [-0.2, 0) is 22.6 Å². The molecule has 0 spiro atoms. The van der Waals surface area contributed by atoms with Crippen molar-refractivity contribution in [1.29, 1.82) is 0 Å². The molecule has 2 amide bonds. The third-order valence-corrected chi connectivity index (χ3v) is 6.47. The molecule has 0 radical (unpaired) electrons. The molecule has 2 aliphatic heterocycles.